The van der Waals surface area contributed by atoms with Crippen molar-refractivity contribution in [3.8, 4) is 11.3 Å². The van der Waals surface area contributed by atoms with E-state index in [0.717, 1.165) is 21.8 Å². The van der Waals surface area contributed by atoms with E-state index < -0.39 is 0 Å². The first-order valence-corrected chi connectivity index (χ1v) is 6.58. The van der Waals surface area contributed by atoms with E-state index in [1.165, 1.54) is 0 Å². The molecule has 1 aromatic carbocycles. The number of halogens is 1. The lowest BCUT2D eigenvalue weighted by molar-refractivity contribution is 0.689. The maximum Gasteiger partial charge on any atom is 0.117 e. The number of aromatic nitrogens is 3. The lowest BCUT2D eigenvalue weighted by atomic mass is 10.2. The van der Waals surface area contributed by atoms with Gasteiger partial charge in [0.2, 0.25) is 0 Å². The van der Waals surface area contributed by atoms with Crippen LogP contribution >= 0.6 is 11.6 Å². The van der Waals surface area contributed by atoms with Crippen LogP contribution in [0.3, 0.4) is 0 Å². The molecule has 0 spiro atoms. The highest BCUT2D eigenvalue weighted by Crippen LogP contribution is 2.24. The third kappa shape index (κ3) is 2.51. The van der Waals surface area contributed by atoms with Crippen LogP contribution in [0, 0.1) is 0 Å². The zero-order valence-corrected chi connectivity index (χ0v) is 11.5. The van der Waals surface area contributed by atoms with Gasteiger partial charge in [-0.3, -0.25) is 9.67 Å². The summed E-state index contributed by atoms with van der Waals surface area (Å²) in [6.07, 6.45) is 5.28. The highest BCUT2D eigenvalue weighted by Gasteiger charge is 2.09. The summed E-state index contributed by atoms with van der Waals surface area (Å²) < 4.78 is 1.79. The van der Waals surface area contributed by atoms with Crippen molar-refractivity contribution in [2.45, 2.75) is 6.54 Å². The Labute approximate surface area is 121 Å². The minimum Gasteiger partial charge on any atom is -0.396 e. The molecule has 4 nitrogen and oxygen atoms in total. The first kappa shape index (κ1) is 12.7. The fourth-order valence-corrected chi connectivity index (χ4v) is 2.24. The minimum absolute atomic E-state index is 0.587. The number of nitrogen functional groups attached to an aromatic ring is 1. The van der Waals surface area contributed by atoms with Crippen LogP contribution in [0.5, 0.6) is 0 Å². The number of nitrogens with two attached hydrogens (primary N) is 1. The van der Waals surface area contributed by atoms with Crippen LogP contribution < -0.4 is 5.73 Å². The molecule has 0 saturated carbocycles. The van der Waals surface area contributed by atoms with E-state index in [1.54, 1.807) is 17.1 Å². The molecule has 2 heterocycles. The second kappa shape index (κ2) is 5.35. The molecule has 0 atom stereocenters. The lowest BCUT2D eigenvalue weighted by Gasteiger charge is -2.03. The van der Waals surface area contributed by atoms with Crippen molar-refractivity contribution in [2.75, 3.05) is 5.73 Å². The molecule has 0 saturated heterocycles. The van der Waals surface area contributed by atoms with Gasteiger partial charge in [-0.1, -0.05) is 29.8 Å². The molecular weight excluding hydrogens is 272 g/mol. The minimum atomic E-state index is 0.587. The van der Waals surface area contributed by atoms with Crippen LogP contribution in [0.15, 0.2) is 55.0 Å². The van der Waals surface area contributed by atoms with Crippen molar-refractivity contribution in [2.24, 2.45) is 0 Å². The Balaban J connectivity index is 1.92. The number of nitrogens with zero attached hydrogens (tertiary/aromatic N) is 3. The van der Waals surface area contributed by atoms with E-state index in [9.17, 15) is 0 Å². The lowest BCUT2D eigenvalue weighted by Crippen LogP contribution is -2.01. The van der Waals surface area contributed by atoms with Gasteiger partial charge < -0.3 is 5.73 Å². The summed E-state index contributed by atoms with van der Waals surface area (Å²) in [5.74, 6) is 0. The van der Waals surface area contributed by atoms with E-state index in [0.29, 0.717) is 12.2 Å². The van der Waals surface area contributed by atoms with E-state index in [4.69, 9.17) is 17.3 Å². The number of rotatable bonds is 3. The van der Waals surface area contributed by atoms with Crippen molar-refractivity contribution in [1.82, 2.24) is 14.8 Å². The Hall–Kier alpha value is -2.33. The number of hydrogen-bond donors (Lipinski definition) is 1. The predicted molar refractivity (Wildman–Crippen MR) is 80.4 cm³/mol. The van der Waals surface area contributed by atoms with Gasteiger partial charge in [-0.25, -0.2) is 0 Å². The van der Waals surface area contributed by atoms with E-state index in [1.807, 2.05) is 42.6 Å². The smallest absolute Gasteiger partial charge is 0.117 e. The van der Waals surface area contributed by atoms with Crippen molar-refractivity contribution >= 4 is 17.3 Å². The fraction of sp³-hybridized carbons (Fsp3) is 0.0667. The molecule has 0 radical (unpaired) electrons. The predicted octanol–water partition coefficient (Wildman–Crippen LogP) is 3.23. The Morgan fingerprint density at radius 1 is 1.15 bits per heavy atom. The molecule has 2 aromatic heterocycles. The average molecular weight is 285 g/mol. The first-order valence-electron chi connectivity index (χ1n) is 6.21. The molecule has 2 N–H and O–H groups in total. The topological polar surface area (TPSA) is 56.7 Å². The summed E-state index contributed by atoms with van der Waals surface area (Å²) in [5, 5.41) is 5.24. The number of anilines is 1. The Morgan fingerprint density at radius 2 is 2.00 bits per heavy atom. The van der Waals surface area contributed by atoms with Gasteiger partial charge in [-0.2, -0.15) is 5.10 Å². The van der Waals surface area contributed by atoms with Crippen LogP contribution in [-0.4, -0.2) is 14.8 Å². The summed E-state index contributed by atoms with van der Waals surface area (Å²) in [6, 6.07) is 11.5. The van der Waals surface area contributed by atoms with Gasteiger partial charge in [0.1, 0.15) is 5.69 Å². The van der Waals surface area contributed by atoms with Gasteiger partial charge in [0.15, 0.2) is 0 Å². The molecule has 3 aromatic rings. The van der Waals surface area contributed by atoms with Crippen molar-refractivity contribution in [1.29, 1.82) is 0 Å². The number of pyridine rings is 1. The standard InChI is InChI=1S/C15H13ClN4/c16-13-6-2-1-4-12(13)9-20-10-14(17)15(19-20)11-5-3-7-18-8-11/h1-8,10H,9,17H2. The van der Waals surface area contributed by atoms with Gasteiger partial charge >= 0.3 is 0 Å². The van der Waals surface area contributed by atoms with Crippen molar-refractivity contribution in [3.05, 3.63) is 65.6 Å². The maximum absolute atomic E-state index is 6.16. The zero-order valence-electron chi connectivity index (χ0n) is 10.7. The molecule has 0 unspecified atom stereocenters. The van der Waals surface area contributed by atoms with Crippen LogP contribution in [0.25, 0.3) is 11.3 Å². The summed E-state index contributed by atoms with van der Waals surface area (Å²) >= 11 is 6.16. The Kier molecular flexibility index (Phi) is 3.39. The van der Waals surface area contributed by atoms with Gasteiger partial charge in [-0.05, 0) is 23.8 Å². The second-order valence-electron chi connectivity index (χ2n) is 4.46. The second-order valence-corrected chi connectivity index (χ2v) is 4.87. The molecular formula is C15H13ClN4. The average Bonchev–Trinajstić information content (AvgIpc) is 2.83. The number of hydrogen-bond acceptors (Lipinski definition) is 3. The Morgan fingerprint density at radius 3 is 2.75 bits per heavy atom. The normalized spacial score (nSPS) is 10.7. The first-order chi connectivity index (χ1) is 9.74. The molecule has 5 heteroatoms. The maximum atomic E-state index is 6.16. The summed E-state index contributed by atoms with van der Waals surface area (Å²) in [6.45, 7) is 0.587. The van der Waals surface area contributed by atoms with Gasteiger partial charge in [-0.15, -0.1) is 0 Å². The third-order valence-corrected chi connectivity index (χ3v) is 3.38. The van der Waals surface area contributed by atoms with Crippen LogP contribution in [0.2, 0.25) is 5.02 Å². The van der Waals surface area contributed by atoms with Gasteiger partial charge in [0.25, 0.3) is 0 Å². The quantitative estimate of drug-likeness (QED) is 0.803. The Bertz CT molecular complexity index is 722. The number of benzene rings is 1. The summed E-state index contributed by atoms with van der Waals surface area (Å²) in [5.41, 5.74) is 9.31. The molecule has 100 valence electrons. The van der Waals surface area contributed by atoms with Crippen LogP contribution in [-0.2, 0) is 6.54 Å². The largest absolute Gasteiger partial charge is 0.396 e. The molecule has 20 heavy (non-hydrogen) atoms. The molecule has 0 fully saturated rings. The molecule has 0 bridgehead atoms. The summed E-state index contributed by atoms with van der Waals surface area (Å²) in [7, 11) is 0. The molecule has 0 aliphatic rings. The van der Waals surface area contributed by atoms with Crippen LogP contribution in [0.4, 0.5) is 5.69 Å². The van der Waals surface area contributed by atoms with Crippen molar-refractivity contribution < 1.29 is 0 Å². The highest BCUT2D eigenvalue weighted by molar-refractivity contribution is 6.31. The van der Waals surface area contributed by atoms with Crippen LogP contribution in [0.1, 0.15) is 5.56 Å². The monoisotopic (exact) mass is 284 g/mol. The highest BCUT2D eigenvalue weighted by atomic mass is 35.5. The van der Waals surface area contributed by atoms with Crippen molar-refractivity contribution in [3.63, 3.8) is 0 Å². The van der Waals surface area contributed by atoms with E-state index >= 15 is 0 Å². The van der Waals surface area contributed by atoms with Gasteiger partial charge in [0, 0.05) is 29.2 Å². The van der Waals surface area contributed by atoms with Gasteiger partial charge in [0.05, 0.1) is 12.2 Å². The molecule has 0 aliphatic heterocycles. The molecule has 0 aliphatic carbocycles. The molecule has 3 rings (SSSR count). The van der Waals surface area contributed by atoms with E-state index in [2.05, 4.69) is 10.1 Å². The zero-order chi connectivity index (χ0) is 13.9. The van der Waals surface area contributed by atoms with E-state index in [-0.39, 0.29) is 0 Å². The fourth-order valence-electron chi connectivity index (χ4n) is 2.05. The summed E-state index contributed by atoms with van der Waals surface area (Å²) in [4.78, 5) is 4.08. The third-order valence-electron chi connectivity index (χ3n) is 3.02. The SMILES string of the molecule is Nc1cn(Cc2ccccc2Cl)nc1-c1cccnc1. The molecule has 0 amide bonds.